The van der Waals surface area contributed by atoms with Gasteiger partial charge in [0, 0.05) is 0 Å². The molecule has 1 aliphatic rings. The summed E-state index contributed by atoms with van der Waals surface area (Å²) in [5.41, 5.74) is 3.54. The van der Waals surface area contributed by atoms with Crippen LogP contribution in [0.5, 0.6) is 0 Å². The lowest BCUT2D eigenvalue weighted by atomic mass is 10.3. The van der Waals surface area contributed by atoms with E-state index in [1.165, 1.54) is 7.05 Å². The number of para-hydroxylation sites is 1. The van der Waals surface area contributed by atoms with E-state index in [4.69, 9.17) is 0 Å². The molecule has 1 heterocycles. The van der Waals surface area contributed by atoms with Crippen LogP contribution in [0, 0.1) is 0 Å². The maximum Gasteiger partial charge on any atom is 0.464 e. The number of carbonyl (C=O) groups excluding carboxylic acids is 2. The number of carbonyl (C=O) groups is 2. The molecular formula is C10H11N4O2S+. The number of nitrogens with zero attached hydrogens (tertiary/aromatic N) is 3. The Morgan fingerprint density at radius 3 is 2.59 bits per heavy atom. The summed E-state index contributed by atoms with van der Waals surface area (Å²) in [4.78, 5) is 26.8. The Bertz CT molecular complexity index is 486. The molecule has 0 saturated carbocycles. The number of rotatable bonds is 2. The Morgan fingerprint density at radius 1 is 1.29 bits per heavy atom. The van der Waals surface area contributed by atoms with E-state index < -0.39 is 16.0 Å². The maximum absolute atomic E-state index is 11.9. The van der Waals surface area contributed by atoms with Crippen LogP contribution >= 0.6 is 12.8 Å². The zero-order valence-electron chi connectivity index (χ0n) is 9.07. The molecule has 2 rings (SSSR count). The van der Waals surface area contributed by atoms with Crippen LogP contribution < -0.4 is 5.43 Å². The van der Waals surface area contributed by atoms with Crippen molar-refractivity contribution in [2.75, 3.05) is 12.5 Å². The Labute approximate surface area is 104 Å². The maximum atomic E-state index is 11.9. The van der Waals surface area contributed by atoms with Crippen LogP contribution in [0.3, 0.4) is 0 Å². The van der Waals surface area contributed by atoms with Gasteiger partial charge in [-0.3, -0.25) is 5.43 Å². The molecule has 1 aromatic carbocycles. The fourth-order valence-corrected chi connectivity index (χ4v) is 1.44. The molecule has 1 N–H and O–H groups in total. The first-order chi connectivity index (χ1) is 8.01. The van der Waals surface area contributed by atoms with Crippen LogP contribution in [-0.2, 0) is 0 Å². The lowest BCUT2D eigenvalue weighted by molar-refractivity contribution is -0.591. The first-order valence-corrected chi connectivity index (χ1v) is 5.25. The van der Waals surface area contributed by atoms with Gasteiger partial charge < -0.3 is 0 Å². The van der Waals surface area contributed by atoms with Gasteiger partial charge in [0.2, 0.25) is 0 Å². The van der Waals surface area contributed by atoms with Gasteiger partial charge in [0.25, 0.3) is 0 Å². The van der Waals surface area contributed by atoms with Crippen molar-refractivity contribution in [3.8, 4) is 0 Å². The molecule has 17 heavy (non-hydrogen) atoms. The van der Waals surface area contributed by atoms with Gasteiger partial charge >= 0.3 is 12.1 Å². The Kier molecular flexibility index (Phi) is 2.86. The van der Waals surface area contributed by atoms with Gasteiger partial charge in [0.1, 0.15) is 6.34 Å². The molecule has 7 heteroatoms. The topological polar surface area (TPSA) is 61.8 Å². The molecule has 1 aliphatic heterocycles. The van der Waals surface area contributed by atoms with E-state index >= 15 is 0 Å². The second-order valence-electron chi connectivity index (χ2n) is 3.62. The largest absolute Gasteiger partial charge is 0.464 e. The molecule has 88 valence electrons. The predicted octanol–water partition coefficient (Wildman–Crippen LogP) is 1.89. The monoisotopic (exact) mass is 251 g/mol. The van der Waals surface area contributed by atoms with E-state index in [1.807, 2.05) is 18.2 Å². The van der Waals surface area contributed by atoms with Crippen LogP contribution in [0.1, 0.15) is 0 Å². The SMILES string of the molecule is C[N+]1(S)C(=O)N=CN(Nc2ccccc2)C1=O. The number of thiol groups is 1. The standard InChI is InChI=1S/C10H11N4O2S/c1-14(17)9(15)11-7-13(10(14)16)12-8-5-3-2-4-6-8/h2-7,12,17H,1H3/q+1. The van der Waals surface area contributed by atoms with Crippen molar-refractivity contribution in [3.63, 3.8) is 0 Å². The van der Waals surface area contributed by atoms with Gasteiger partial charge in [-0.05, 0) is 12.1 Å². The van der Waals surface area contributed by atoms with Gasteiger partial charge in [-0.2, -0.15) is 5.01 Å². The Hall–Kier alpha value is -1.86. The lowest BCUT2D eigenvalue weighted by Crippen LogP contribution is -2.56. The van der Waals surface area contributed by atoms with Gasteiger partial charge in [-0.1, -0.05) is 22.1 Å². The summed E-state index contributed by atoms with van der Waals surface area (Å²) in [5.74, 6) is 0. The van der Waals surface area contributed by atoms with Crippen molar-refractivity contribution in [1.82, 2.24) is 5.01 Å². The van der Waals surface area contributed by atoms with Gasteiger partial charge in [-0.15, -0.1) is 4.99 Å². The number of hydrazine groups is 1. The number of amides is 4. The first kappa shape index (κ1) is 11.6. The molecule has 0 spiro atoms. The van der Waals surface area contributed by atoms with Crippen molar-refractivity contribution in [1.29, 1.82) is 0 Å². The number of hydrogen-bond donors (Lipinski definition) is 2. The molecule has 1 atom stereocenters. The third-order valence-corrected chi connectivity index (χ3v) is 2.60. The smallest absolute Gasteiger partial charge is 0.286 e. The fraction of sp³-hybridized carbons (Fsp3) is 0.100. The third-order valence-electron chi connectivity index (χ3n) is 2.26. The normalized spacial score (nSPS) is 24.0. The van der Waals surface area contributed by atoms with Crippen molar-refractivity contribution < 1.29 is 13.5 Å². The second kappa shape index (κ2) is 4.19. The summed E-state index contributed by atoms with van der Waals surface area (Å²) in [6.45, 7) is 0. The molecule has 0 fully saturated rings. The average Bonchev–Trinajstić information content (AvgIpc) is 2.32. The lowest BCUT2D eigenvalue weighted by Gasteiger charge is -2.28. The summed E-state index contributed by atoms with van der Waals surface area (Å²) in [7, 11) is 1.37. The minimum absolute atomic E-state index is 0.516. The zero-order valence-corrected chi connectivity index (χ0v) is 9.96. The Morgan fingerprint density at radius 2 is 1.94 bits per heavy atom. The molecule has 6 nitrogen and oxygen atoms in total. The molecule has 1 aromatic rings. The van der Waals surface area contributed by atoms with E-state index in [0.717, 1.165) is 17.0 Å². The van der Waals surface area contributed by atoms with Crippen molar-refractivity contribution in [3.05, 3.63) is 30.3 Å². The minimum Gasteiger partial charge on any atom is -0.286 e. The Balaban J connectivity index is 2.21. The summed E-state index contributed by atoms with van der Waals surface area (Å²) in [6, 6.07) is 7.96. The number of imide groups is 1. The van der Waals surface area contributed by atoms with Crippen LogP contribution in [0.15, 0.2) is 35.3 Å². The minimum atomic E-state index is -0.740. The highest BCUT2D eigenvalue weighted by Crippen LogP contribution is 2.19. The van der Waals surface area contributed by atoms with Gasteiger partial charge in [-0.25, -0.2) is 9.59 Å². The summed E-state index contributed by atoms with van der Waals surface area (Å²) in [6.07, 6.45) is 1.15. The molecule has 4 amide bonds. The van der Waals surface area contributed by atoms with E-state index in [-0.39, 0.29) is 0 Å². The van der Waals surface area contributed by atoms with E-state index in [9.17, 15) is 9.59 Å². The van der Waals surface area contributed by atoms with Crippen LogP contribution in [0.25, 0.3) is 0 Å². The van der Waals surface area contributed by atoms with Crippen LogP contribution in [0.2, 0.25) is 0 Å². The number of anilines is 1. The fourth-order valence-electron chi connectivity index (χ4n) is 1.29. The highest BCUT2D eigenvalue weighted by Gasteiger charge is 2.45. The highest BCUT2D eigenvalue weighted by atomic mass is 32.1. The molecule has 0 aliphatic carbocycles. The van der Waals surface area contributed by atoms with Crippen LogP contribution in [0.4, 0.5) is 15.3 Å². The number of aliphatic imine (C=N–C) groups is 1. The highest BCUT2D eigenvalue weighted by molar-refractivity contribution is 7.75. The zero-order chi connectivity index (χ0) is 12.5. The van der Waals surface area contributed by atoms with Crippen molar-refractivity contribution in [2.24, 2.45) is 4.99 Å². The van der Waals surface area contributed by atoms with E-state index in [1.54, 1.807) is 12.1 Å². The summed E-state index contributed by atoms with van der Waals surface area (Å²) in [5, 5.41) is 1.13. The quantitative estimate of drug-likeness (QED) is 0.623. The average molecular weight is 251 g/mol. The summed E-state index contributed by atoms with van der Waals surface area (Å²) < 4.78 is -0.740. The van der Waals surface area contributed by atoms with E-state index in [0.29, 0.717) is 0 Å². The first-order valence-electron chi connectivity index (χ1n) is 4.85. The molecular weight excluding hydrogens is 240 g/mol. The molecule has 0 radical (unpaired) electrons. The molecule has 1 unspecified atom stereocenters. The number of nitrogens with one attached hydrogen (secondary N) is 1. The number of benzene rings is 1. The van der Waals surface area contributed by atoms with Gasteiger partial charge in [0.15, 0.2) is 0 Å². The van der Waals surface area contributed by atoms with Gasteiger partial charge in [0.05, 0.1) is 25.5 Å². The molecule has 0 saturated heterocycles. The second-order valence-corrected chi connectivity index (χ2v) is 4.42. The number of quaternary nitrogens is 1. The number of urea groups is 2. The number of hydrogen-bond acceptors (Lipinski definition) is 4. The van der Waals surface area contributed by atoms with E-state index in [2.05, 4.69) is 23.2 Å². The predicted molar refractivity (Wildman–Crippen MR) is 66.4 cm³/mol. The summed E-state index contributed by atoms with van der Waals surface area (Å²) >= 11 is 3.98. The molecule has 0 bridgehead atoms. The third kappa shape index (κ3) is 2.15. The molecule has 0 aromatic heterocycles. The van der Waals surface area contributed by atoms with Crippen LogP contribution in [-0.4, -0.2) is 34.3 Å². The van der Waals surface area contributed by atoms with Crippen molar-refractivity contribution in [2.45, 2.75) is 0 Å². The van der Waals surface area contributed by atoms with Crippen molar-refractivity contribution >= 4 is 36.9 Å².